The number of carbonyl (C=O) groups excluding carboxylic acids is 1. The van der Waals surface area contributed by atoms with Gasteiger partial charge in [0.15, 0.2) is 0 Å². The number of rotatable bonds is 3. The Hall–Kier alpha value is -1.34. The predicted octanol–water partition coefficient (Wildman–Crippen LogP) is 1.59. The van der Waals surface area contributed by atoms with Crippen molar-refractivity contribution in [2.24, 2.45) is 0 Å². The lowest BCUT2D eigenvalue weighted by Gasteiger charge is -2.09. The molecular weight excluding hydrogens is 196 g/mol. The van der Waals surface area contributed by atoms with Gasteiger partial charge in [-0.3, -0.25) is 4.79 Å². The van der Waals surface area contributed by atoms with E-state index < -0.39 is 0 Å². The highest BCUT2D eigenvalue weighted by Gasteiger charge is 2.13. The van der Waals surface area contributed by atoms with Gasteiger partial charge in [0.05, 0.1) is 17.2 Å². The van der Waals surface area contributed by atoms with Crippen molar-refractivity contribution in [2.75, 3.05) is 0 Å². The van der Waals surface area contributed by atoms with Gasteiger partial charge in [0, 0.05) is 0 Å². The minimum absolute atomic E-state index is 0.130. The zero-order valence-corrected chi connectivity index (χ0v) is 9.02. The molecule has 0 aliphatic carbocycles. The molecule has 14 heavy (non-hydrogen) atoms. The molecule has 1 heterocycles. The van der Waals surface area contributed by atoms with Gasteiger partial charge in [-0.1, -0.05) is 12.8 Å². The van der Waals surface area contributed by atoms with Crippen LogP contribution in [0.3, 0.4) is 0 Å². The fraction of sp³-hybridized carbons (Fsp3) is 0.400. The van der Waals surface area contributed by atoms with Crippen LogP contribution in [0.2, 0.25) is 0 Å². The highest BCUT2D eigenvalue weighted by atomic mass is 32.1. The number of aromatic nitrogens is 1. The van der Waals surface area contributed by atoms with E-state index in [0.717, 1.165) is 12.1 Å². The number of hydrogen-bond donors (Lipinski definition) is 1. The van der Waals surface area contributed by atoms with Crippen LogP contribution in [-0.4, -0.2) is 16.9 Å². The Labute approximate surface area is 87.6 Å². The molecular formula is C10H12N2OS. The molecule has 0 aliphatic rings. The molecule has 3 nitrogen and oxygen atoms in total. The monoisotopic (exact) mass is 208 g/mol. The van der Waals surface area contributed by atoms with Crippen LogP contribution >= 0.6 is 11.3 Å². The summed E-state index contributed by atoms with van der Waals surface area (Å²) < 4.78 is 0. The van der Waals surface area contributed by atoms with Crippen molar-refractivity contribution in [2.45, 2.75) is 26.3 Å². The van der Waals surface area contributed by atoms with Crippen molar-refractivity contribution in [3.63, 3.8) is 0 Å². The second-order valence-corrected chi connectivity index (χ2v) is 3.72. The van der Waals surface area contributed by atoms with Crippen molar-refractivity contribution in [1.29, 1.82) is 0 Å². The molecule has 0 fully saturated rings. The van der Waals surface area contributed by atoms with Gasteiger partial charge in [0.25, 0.3) is 5.91 Å². The molecule has 1 unspecified atom stereocenters. The molecule has 1 aromatic rings. The third-order valence-electron chi connectivity index (χ3n) is 1.87. The molecule has 0 radical (unpaired) electrons. The number of amides is 1. The molecule has 1 aromatic heterocycles. The Morgan fingerprint density at radius 3 is 3.00 bits per heavy atom. The van der Waals surface area contributed by atoms with Gasteiger partial charge in [-0.25, -0.2) is 4.98 Å². The first-order valence-electron chi connectivity index (χ1n) is 4.36. The lowest BCUT2D eigenvalue weighted by atomic mass is 10.2. The summed E-state index contributed by atoms with van der Waals surface area (Å²) in [7, 11) is 0. The summed E-state index contributed by atoms with van der Waals surface area (Å²) in [4.78, 5) is 16.3. The topological polar surface area (TPSA) is 42.0 Å². The maximum atomic E-state index is 11.6. The van der Waals surface area contributed by atoms with E-state index in [0.29, 0.717) is 4.88 Å². The lowest BCUT2D eigenvalue weighted by molar-refractivity contribution is 0.0948. The van der Waals surface area contributed by atoms with Crippen molar-refractivity contribution in [3.8, 4) is 12.3 Å². The fourth-order valence-corrected chi connectivity index (χ4v) is 1.71. The Morgan fingerprint density at radius 1 is 1.86 bits per heavy atom. The second kappa shape index (κ2) is 4.77. The van der Waals surface area contributed by atoms with Crippen LogP contribution in [0.1, 0.15) is 28.7 Å². The van der Waals surface area contributed by atoms with Gasteiger partial charge in [-0.05, 0) is 13.3 Å². The zero-order valence-electron chi connectivity index (χ0n) is 8.20. The summed E-state index contributed by atoms with van der Waals surface area (Å²) in [6, 6.07) is -0.191. The van der Waals surface area contributed by atoms with E-state index in [9.17, 15) is 4.79 Å². The highest BCUT2D eigenvalue weighted by molar-refractivity contribution is 7.11. The number of aryl methyl sites for hydroxylation is 1. The van der Waals surface area contributed by atoms with Crippen molar-refractivity contribution < 1.29 is 4.79 Å². The van der Waals surface area contributed by atoms with Crippen molar-refractivity contribution >= 4 is 17.2 Å². The summed E-state index contributed by atoms with van der Waals surface area (Å²) in [6.45, 7) is 3.74. The minimum atomic E-state index is -0.191. The highest BCUT2D eigenvalue weighted by Crippen LogP contribution is 2.11. The van der Waals surface area contributed by atoms with Crippen LogP contribution in [0.5, 0.6) is 0 Å². The first kappa shape index (κ1) is 10.7. The lowest BCUT2D eigenvalue weighted by Crippen LogP contribution is -2.33. The average molecular weight is 208 g/mol. The molecule has 74 valence electrons. The molecule has 4 heteroatoms. The van der Waals surface area contributed by atoms with E-state index >= 15 is 0 Å². The molecule has 0 spiro atoms. The zero-order chi connectivity index (χ0) is 10.6. The van der Waals surface area contributed by atoms with Gasteiger partial charge < -0.3 is 5.32 Å². The van der Waals surface area contributed by atoms with Crippen LogP contribution in [0.25, 0.3) is 0 Å². The third-order valence-corrected chi connectivity index (χ3v) is 2.79. The van der Waals surface area contributed by atoms with Gasteiger partial charge in [-0.2, -0.15) is 0 Å². The molecule has 0 aliphatic heterocycles. The second-order valence-electron chi connectivity index (χ2n) is 2.87. The van der Waals surface area contributed by atoms with Crippen molar-refractivity contribution in [3.05, 3.63) is 16.1 Å². The maximum Gasteiger partial charge on any atom is 0.264 e. The Bertz CT molecular complexity index is 364. The van der Waals surface area contributed by atoms with Crippen LogP contribution in [0.4, 0.5) is 0 Å². The largest absolute Gasteiger partial charge is 0.338 e. The predicted molar refractivity (Wildman–Crippen MR) is 57.2 cm³/mol. The number of carbonyl (C=O) groups is 1. The SMILES string of the molecule is C#CC(CC)NC(=O)c1scnc1C. The number of hydrogen-bond acceptors (Lipinski definition) is 3. The van der Waals surface area contributed by atoms with Gasteiger partial charge in [0.1, 0.15) is 4.88 Å². The number of terminal acetylenes is 1. The van der Waals surface area contributed by atoms with Crippen LogP contribution in [0.15, 0.2) is 5.51 Å². The third kappa shape index (κ3) is 2.33. The summed E-state index contributed by atoms with van der Waals surface area (Å²) in [5, 5.41) is 2.75. The molecule has 1 amide bonds. The van der Waals surface area contributed by atoms with Gasteiger partial charge in [-0.15, -0.1) is 17.8 Å². The van der Waals surface area contributed by atoms with Crippen molar-refractivity contribution in [1.82, 2.24) is 10.3 Å². The molecule has 1 rings (SSSR count). The molecule has 0 saturated heterocycles. The minimum Gasteiger partial charge on any atom is -0.338 e. The Kier molecular flexibility index (Phi) is 3.66. The van der Waals surface area contributed by atoms with Crippen LogP contribution in [-0.2, 0) is 0 Å². The first-order chi connectivity index (χ1) is 6.69. The van der Waals surface area contributed by atoms with E-state index in [4.69, 9.17) is 6.42 Å². The first-order valence-corrected chi connectivity index (χ1v) is 5.24. The van der Waals surface area contributed by atoms with Crippen LogP contribution < -0.4 is 5.32 Å². The standard InChI is InChI=1S/C10H12N2OS/c1-4-8(5-2)12-10(13)9-7(3)11-6-14-9/h1,6,8H,5H2,2-3H3,(H,12,13). The molecule has 0 saturated carbocycles. The van der Waals surface area contributed by atoms with E-state index in [1.54, 1.807) is 5.51 Å². The van der Waals surface area contributed by atoms with E-state index in [-0.39, 0.29) is 11.9 Å². The Balaban J connectivity index is 2.69. The summed E-state index contributed by atoms with van der Waals surface area (Å²) >= 11 is 1.33. The van der Waals surface area contributed by atoms with Gasteiger partial charge >= 0.3 is 0 Å². The number of nitrogens with one attached hydrogen (secondary N) is 1. The molecule has 1 N–H and O–H groups in total. The van der Waals surface area contributed by atoms with E-state index in [2.05, 4.69) is 16.2 Å². The molecule has 0 bridgehead atoms. The normalized spacial score (nSPS) is 11.8. The van der Waals surface area contributed by atoms with E-state index in [1.807, 2.05) is 13.8 Å². The maximum absolute atomic E-state index is 11.6. The van der Waals surface area contributed by atoms with E-state index in [1.165, 1.54) is 11.3 Å². The number of thiazole rings is 1. The quantitative estimate of drug-likeness (QED) is 0.766. The summed E-state index contributed by atoms with van der Waals surface area (Å²) in [5.41, 5.74) is 2.40. The smallest absolute Gasteiger partial charge is 0.264 e. The fourth-order valence-electron chi connectivity index (χ4n) is 1.01. The summed E-state index contributed by atoms with van der Waals surface area (Å²) in [6.07, 6.45) is 5.98. The Morgan fingerprint density at radius 2 is 2.57 bits per heavy atom. The summed E-state index contributed by atoms with van der Waals surface area (Å²) in [5.74, 6) is 2.39. The molecule has 0 aromatic carbocycles. The average Bonchev–Trinajstić information content (AvgIpc) is 2.60. The van der Waals surface area contributed by atoms with Gasteiger partial charge in [0.2, 0.25) is 0 Å². The number of nitrogens with zero attached hydrogens (tertiary/aromatic N) is 1. The van der Waals surface area contributed by atoms with Crippen LogP contribution in [0, 0.1) is 19.3 Å². The molecule has 1 atom stereocenters.